The van der Waals surface area contributed by atoms with Crippen LogP contribution >= 0.6 is 0 Å². The zero-order valence-corrected chi connectivity index (χ0v) is 68.7. The smallest absolute Gasteiger partial charge is 0.361 e. The average Bonchev–Trinajstić information content (AvgIpc) is 1.16. The standard InChI is InChI=1S/C94H169NO8/c1-6-8-10-12-14-16-18-20-22-24-26-28-30-32-34-36-38-40-42-44-45-46-47-49-50-52-54-56-58-60-62-64-66-68-70-72-74-76-78-80-82-84-91(96)101-88-90(89-102-94(93(98)99)100-87-86-95(3,4)5)103-92(97)85-83-81-79-77-75-73-71-69-67-65-63-61-59-57-55-53-51-48-43-41-39-37-35-33-31-29-27-25-23-21-19-17-15-13-11-9-7-2/h9,11,15,17-18,20-21,23-24,26-27,29-30,32-33,35,90,94H,6-8,10,12-14,16,19,22,25,28,31,34,36-89H2,1-5H3/p+1/b11-9-,17-15-,20-18-,23-21-,26-24-,29-27-,32-30-,35-33-. The molecule has 0 saturated heterocycles. The van der Waals surface area contributed by atoms with Gasteiger partial charge in [0.2, 0.25) is 0 Å². The van der Waals surface area contributed by atoms with Crippen molar-refractivity contribution in [1.29, 1.82) is 0 Å². The first-order valence-electron chi connectivity index (χ1n) is 44.4. The van der Waals surface area contributed by atoms with Crippen LogP contribution in [0.5, 0.6) is 0 Å². The summed E-state index contributed by atoms with van der Waals surface area (Å²) < 4.78 is 23.1. The maximum Gasteiger partial charge on any atom is 0.361 e. The van der Waals surface area contributed by atoms with Crippen LogP contribution in [0.3, 0.4) is 0 Å². The number of esters is 2. The Morgan fingerprint density at radius 3 is 0.825 bits per heavy atom. The topological polar surface area (TPSA) is 108 Å². The number of carbonyl (C=O) groups is 3. The fourth-order valence-corrected chi connectivity index (χ4v) is 13.1. The van der Waals surface area contributed by atoms with E-state index in [0.717, 1.165) is 83.5 Å². The molecule has 0 aromatic carbocycles. The molecule has 0 saturated carbocycles. The molecule has 0 aromatic rings. The molecule has 9 nitrogen and oxygen atoms in total. The predicted octanol–water partition coefficient (Wildman–Crippen LogP) is 29.0. The number of carboxylic acids is 1. The number of carbonyl (C=O) groups excluding carboxylic acids is 2. The number of carboxylic acid groups (broad SMARTS) is 1. The third-order valence-electron chi connectivity index (χ3n) is 19.8. The Morgan fingerprint density at radius 1 is 0.301 bits per heavy atom. The fourth-order valence-electron chi connectivity index (χ4n) is 13.1. The molecule has 103 heavy (non-hydrogen) atoms. The van der Waals surface area contributed by atoms with E-state index in [-0.39, 0.29) is 38.2 Å². The normalized spacial score (nSPS) is 13.1. The van der Waals surface area contributed by atoms with Crippen molar-refractivity contribution in [3.8, 4) is 0 Å². The molecule has 2 atom stereocenters. The molecule has 0 rings (SSSR count). The molecule has 0 bridgehead atoms. The summed E-state index contributed by atoms with van der Waals surface area (Å²) in [6.45, 7) is 4.81. The molecule has 598 valence electrons. The molecular formula is C94H170NO8+. The summed E-state index contributed by atoms with van der Waals surface area (Å²) in [7, 11) is 6.00. The summed E-state index contributed by atoms with van der Waals surface area (Å²) in [5.41, 5.74) is 0. The molecule has 0 aliphatic rings. The Morgan fingerprint density at radius 2 is 0.553 bits per heavy atom. The number of ether oxygens (including phenoxy) is 4. The fraction of sp³-hybridized carbons (Fsp3) is 0.798. The van der Waals surface area contributed by atoms with Gasteiger partial charge in [0, 0.05) is 12.8 Å². The van der Waals surface area contributed by atoms with Gasteiger partial charge in [-0.1, -0.05) is 413 Å². The molecule has 0 radical (unpaired) electrons. The minimum absolute atomic E-state index is 0.178. The average molecular weight is 1440 g/mol. The Bertz CT molecular complexity index is 2030. The first-order valence-corrected chi connectivity index (χ1v) is 44.4. The van der Waals surface area contributed by atoms with E-state index in [1.807, 2.05) is 21.1 Å². The van der Waals surface area contributed by atoms with E-state index in [2.05, 4.69) is 111 Å². The van der Waals surface area contributed by atoms with Crippen molar-refractivity contribution in [2.75, 3.05) is 47.5 Å². The molecule has 0 aromatic heterocycles. The number of hydrogen-bond acceptors (Lipinski definition) is 7. The Hall–Kier alpha value is -3.79. The van der Waals surface area contributed by atoms with Gasteiger partial charge in [-0.3, -0.25) is 9.59 Å². The van der Waals surface area contributed by atoms with E-state index in [1.165, 1.54) is 315 Å². The number of nitrogens with zero attached hydrogens (tertiary/aromatic N) is 1. The highest BCUT2D eigenvalue weighted by Gasteiger charge is 2.25. The van der Waals surface area contributed by atoms with Gasteiger partial charge in [-0.05, 0) is 96.3 Å². The monoisotopic (exact) mass is 1440 g/mol. The summed E-state index contributed by atoms with van der Waals surface area (Å²) >= 11 is 0. The molecule has 0 heterocycles. The number of hydrogen-bond donors (Lipinski definition) is 1. The van der Waals surface area contributed by atoms with Crippen molar-refractivity contribution < 1.29 is 42.9 Å². The molecule has 2 unspecified atom stereocenters. The van der Waals surface area contributed by atoms with Gasteiger partial charge in [-0.25, -0.2) is 4.79 Å². The molecule has 9 heteroatoms. The van der Waals surface area contributed by atoms with Gasteiger partial charge in [0.15, 0.2) is 6.10 Å². The first-order chi connectivity index (χ1) is 50.6. The van der Waals surface area contributed by atoms with Crippen LogP contribution in [0.15, 0.2) is 97.2 Å². The van der Waals surface area contributed by atoms with Crippen LogP contribution in [0.4, 0.5) is 0 Å². The van der Waals surface area contributed by atoms with Crippen LogP contribution in [0, 0.1) is 0 Å². The highest BCUT2D eigenvalue weighted by atomic mass is 16.7. The third kappa shape index (κ3) is 85.3. The molecule has 0 fully saturated rings. The largest absolute Gasteiger partial charge is 0.477 e. The lowest BCUT2D eigenvalue weighted by Crippen LogP contribution is -2.40. The van der Waals surface area contributed by atoms with E-state index >= 15 is 0 Å². The van der Waals surface area contributed by atoms with Crippen molar-refractivity contribution in [3.63, 3.8) is 0 Å². The molecule has 0 aliphatic heterocycles. The van der Waals surface area contributed by atoms with Gasteiger partial charge >= 0.3 is 17.9 Å². The van der Waals surface area contributed by atoms with Crippen LogP contribution in [0.25, 0.3) is 0 Å². The summed E-state index contributed by atoms with van der Waals surface area (Å²) in [4.78, 5) is 37.8. The van der Waals surface area contributed by atoms with E-state index in [1.54, 1.807) is 0 Å². The third-order valence-corrected chi connectivity index (χ3v) is 19.8. The zero-order chi connectivity index (χ0) is 74.6. The predicted molar refractivity (Wildman–Crippen MR) is 447 cm³/mol. The quantitative estimate of drug-likeness (QED) is 0.0211. The van der Waals surface area contributed by atoms with Gasteiger partial charge in [0.1, 0.15) is 13.2 Å². The maximum atomic E-state index is 13.0. The van der Waals surface area contributed by atoms with Crippen molar-refractivity contribution in [2.24, 2.45) is 0 Å². The van der Waals surface area contributed by atoms with E-state index in [4.69, 9.17) is 18.9 Å². The summed E-state index contributed by atoms with van der Waals surface area (Å²) in [6.07, 6.45) is 115. The molecule has 0 spiro atoms. The summed E-state index contributed by atoms with van der Waals surface area (Å²) in [5.74, 6) is -1.98. The lowest BCUT2D eigenvalue weighted by atomic mass is 10.0. The van der Waals surface area contributed by atoms with E-state index < -0.39 is 18.4 Å². The van der Waals surface area contributed by atoms with Crippen molar-refractivity contribution >= 4 is 17.9 Å². The van der Waals surface area contributed by atoms with Gasteiger partial charge in [0.25, 0.3) is 6.29 Å². The van der Waals surface area contributed by atoms with Crippen molar-refractivity contribution in [1.82, 2.24) is 0 Å². The zero-order valence-electron chi connectivity index (χ0n) is 68.7. The van der Waals surface area contributed by atoms with Crippen molar-refractivity contribution in [2.45, 2.75) is 437 Å². The second-order valence-electron chi connectivity index (χ2n) is 31.2. The Balaban J connectivity index is 3.92. The summed E-state index contributed by atoms with van der Waals surface area (Å²) in [5, 5.41) is 9.79. The van der Waals surface area contributed by atoms with Crippen LogP contribution in [0.1, 0.15) is 425 Å². The molecule has 0 amide bonds. The minimum atomic E-state index is -1.51. The number of likely N-dealkylation sites (N-methyl/N-ethyl adjacent to an activating group) is 1. The second kappa shape index (κ2) is 83.8. The number of allylic oxidation sites excluding steroid dienone is 16. The van der Waals surface area contributed by atoms with Crippen LogP contribution < -0.4 is 0 Å². The van der Waals surface area contributed by atoms with Gasteiger partial charge in [-0.15, -0.1) is 0 Å². The maximum absolute atomic E-state index is 13.0. The lowest BCUT2D eigenvalue weighted by molar-refractivity contribution is -0.870. The SMILES string of the molecule is CC/C=C\C/C=C\C/C=C\C/C=C\C/C=C\CCCCCCCCCCCCCCCCCCCCCCCC(=O)OC(COC(=O)CCCCCCCCCCCCCCCCCCCCCCCCCCCC/C=C\C/C=C\C/C=C\CCCCCCC)COC(OCC[N+](C)(C)C)C(=O)O. The molecule has 1 N–H and O–H groups in total. The molecular weight excluding hydrogens is 1270 g/mol. The number of aliphatic carboxylic acids is 1. The van der Waals surface area contributed by atoms with E-state index in [0.29, 0.717) is 17.4 Å². The second-order valence-corrected chi connectivity index (χ2v) is 31.2. The first kappa shape index (κ1) is 99.2. The van der Waals surface area contributed by atoms with Crippen LogP contribution in [-0.2, 0) is 33.3 Å². The lowest BCUT2D eigenvalue weighted by Gasteiger charge is -2.25. The number of unbranched alkanes of at least 4 members (excludes halogenated alkanes) is 52. The number of quaternary nitrogens is 1. The number of rotatable bonds is 83. The highest BCUT2D eigenvalue weighted by molar-refractivity contribution is 5.71. The van der Waals surface area contributed by atoms with Gasteiger partial charge in [-0.2, -0.15) is 0 Å². The van der Waals surface area contributed by atoms with Gasteiger partial charge < -0.3 is 28.5 Å². The van der Waals surface area contributed by atoms with Crippen molar-refractivity contribution in [3.05, 3.63) is 97.2 Å². The molecule has 0 aliphatic carbocycles. The Labute approximate surface area is 639 Å². The van der Waals surface area contributed by atoms with E-state index in [9.17, 15) is 19.5 Å². The summed E-state index contributed by atoms with van der Waals surface area (Å²) in [6, 6.07) is 0. The van der Waals surface area contributed by atoms with Crippen LogP contribution in [-0.4, -0.2) is 87.4 Å². The Kier molecular flexibility index (Phi) is 80.8. The van der Waals surface area contributed by atoms with Crippen LogP contribution in [0.2, 0.25) is 0 Å². The highest BCUT2D eigenvalue weighted by Crippen LogP contribution is 2.20. The minimum Gasteiger partial charge on any atom is -0.477 e. The van der Waals surface area contributed by atoms with Gasteiger partial charge in [0.05, 0.1) is 34.4 Å².